The van der Waals surface area contributed by atoms with Gasteiger partial charge in [-0.1, -0.05) is 66.2 Å². The van der Waals surface area contributed by atoms with E-state index in [2.05, 4.69) is 0 Å². The standard InChI is InChI=1S/C28H26N2O3/c1-19-3-7-21(8-4-19)17-26(23-11-5-20(2)6-12-23)28(32)30(25-15-16-25)18-22-9-13-24(14-10-22)27(31)29-33/h1,3-14,17,25,33H,15-16,18H2,2H3,(H,29,31). The van der Waals surface area contributed by atoms with Crippen LogP contribution in [-0.4, -0.2) is 28.0 Å². The third-order valence-corrected chi connectivity index (χ3v) is 5.76. The number of hydrogen-bond acceptors (Lipinski definition) is 3. The molecule has 2 N–H and O–H groups in total. The number of aryl methyl sites for hydroxylation is 1. The molecule has 0 heterocycles. The number of carbonyl (C=O) groups excluding carboxylic acids is 2. The van der Waals surface area contributed by atoms with Crippen molar-refractivity contribution in [3.05, 3.63) is 113 Å². The lowest BCUT2D eigenvalue weighted by molar-refractivity contribution is -0.126. The molecule has 0 bridgehead atoms. The van der Waals surface area contributed by atoms with Crippen LogP contribution < -0.4 is 5.48 Å². The first-order valence-corrected chi connectivity index (χ1v) is 10.9. The quantitative estimate of drug-likeness (QED) is 0.238. The Bertz CT molecular complexity index is 1160. The molecule has 0 spiro atoms. The van der Waals surface area contributed by atoms with Crippen LogP contribution in [0.1, 0.15) is 51.0 Å². The zero-order valence-corrected chi connectivity index (χ0v) is 18.5. The van der Waals surface area contributed by atoms with E-state index in [9.17, 15) is 9.59 Å². The number of rotatable bonds is 7. The molecule has 5 nitrogen and oxygen atoms in total. The molecule has 4 rings (SSSR count). The first-order chi connectivity index (χ1) is 15.9. The summed E-state index contributed by atoms with van der Waals surface area (Å²) in [6, 6.07) is 22.5. The Hall–Kier alpha value is -3.70. The molecule has 1 fully saturated rings. The summed E-state index contributed by atoms with van der Waals surface area (Å²) in [4.78, 5) is 27.3. The molecule has 1 aliphatic carbocycles. The van der Waals surface area contributed by atoms with Gasteiger partial charge in [0.15, 0.2) is 0 Å². The summed E-state index contributed by atoms with van der Waals surface area (Å²) in [5.74, 6) is -0.597. The van der Waals surface area contributed by atoms with E-state index in [1.54, 1.807) is 17.6 Å². The topological polar surface area (TPSA) is 69.6 Å². The van der Waals surface area contributed by atoms with Gasteiger partial charge in [0.25, 0.3) is 11.8 Å². The smallest absolute Gasteiger partial charge is 0.274 e. The van der Waals surface area contributed by atoms with Gasteiger partial charge >= 0.3 is 0 Å². The van der Waals surface area contributed by atoms with Crippen LogP contribution >= 0.6 is 0 Å². The van der Waals surface area contributed by atoms with Gasteiger partial charge in [0.2, 0.25) is 0 Å². The number of hydrogen-bond donors (Lipinski definition) is 2. The summed E-state index contributed by atoms with van der Waals surface area (Å²) in [5, 5.41) is 8.81. The van der Waals surface area contributed by atoms with E-state index in [0.717, 1.165) is 35.1 Å². The van der Waals surface area contributed by atoms with E-state index in [0.29, 0.717) is 23.2 Å². The second kappa shape index (κ2) is 9.84. The van der Waals surface area contributed by atoms with Crippen molar-refractivity contribution in [3.63, 3.8) is 0 Å². The van der Waals surface area contributed by atoms with Gasteiger partial charge in [-0.15, -0.1) is 0 Å². The summed E-state index contributed by atoms with van der Waals surface area (Å²) in [6.07, 6.45) is 3.86. The van der Waals surface area contributed by atoms with Crippen LogP contribution in [0.4, 0.5) is 0 Å². The molecule has 2 radical (unpaired) electrons. The lowest BCUT2D eigenvalue weighted by Crippen LogP contribution is -2.33. The summed E-state index contributed by atoms with van der Waals surface area (Å²) in [5.41, 5.74) is 7.11. The van der Waals surface area contributed by atoms with Crippen LogP contribution in [0.2, 0.25) is 0 Å². The maximum atomic E-state index is 13.8. The number of amides is 2. The van der Waals surface area contributed by atoms with E-state index in [4.69, 9.17) is 12.1 Å². The van der Waals surface area contributed by atoms with Gasteiger partial charge in [-0.05, 0) is 67.2 Å². The van der Waals surface area contributed by atoms with E-state index in [1.165, 1.54) is 0 Å². The molecule has 33 heavy (non-hydrogen) atoms. The van der Waals surface area contributed by atoms with Gasteiger partial charge in [0.1, 0.15) is 0 Å². The van der Waals surface area contributed by atoms with Crippen LogP contribution in [0, 0.1) is 13.8 Å². The van der Waals surface area contributed by atoms with Gasteiger partial charge in [-0.2, -0.15) is 0 Å². The molecule has 0 atom stereocenters. The molecule has 2 amide bonds. The van der Waals surface area contributed by atoms with E-state index >= 15 is 0 Å². The molecule has 0 saturated heterocycles. The van der Waals surface area contributed by atoms with Gasteiger partial charge in [0.05, 0.1) is 0 Å². The Morgan fingerprint density at radius 1 is 0.970 bits per heavy atom. The predicted octanol–water partition coefficient (Wildman–Crippen LogP) is 4.91. The van der Waals surface area contributed by atoms with Gasteiger partial charge in [-0.3, -0.25) is 14.8 Å². The van der Waals surface area contributed by atoms with Crippen molar-refractivity contribution in [2.75, 3.05) is 0 Å². The summed E-state index contributed by atoms with van der Waals surface area (Å²) < 4.78 is 0. The number of carbonyl (C=O) groups is 2. The molecule has 0 aromatic heterocycles. The van der Waals surface area contributed by atoms with Crippen LogP contribution in [0.3, 0.4) is 0 Å². The Morgan fingerprint density at radius 2 is 1.58 bits per heavy atom. The highest BCUT2D eigenvalue weighted by atomic mass is 16.5. The van der Waals surface area contributed by atoms with E-state index < -0.39 is 5.91 Å². The molecule has 0 unspecified atom stereocenters. The van der Waals surface area contributed by atoms with Crippen LogP contribution in [-0.2, 0) is 11.3 Å². The van der Waals surface area contributed by atoms with Crippen LogP contribution in [0.25, 0.3) is 11.6 Å². The molecular formula is C28H26N2O3. The third-order valence-electron chi connectivity index (χ3n) is 5.76. The van der Waals surface area contributed by atoms with Gasteiger partial charge in [-0.25, -0.2) is 5.48 Å². The van der Waals surface area contributed by atoms with Crippen LogP contribution in [0.15, 0.2) is 72.8 Å². The Kier molecular flexibility index (Phi) is 6.71. The van der Waals surface area contributed by atoms with E-state index in [1.807, 2.05) is 78.6 Å². The fraction of sp³-hybridized carbons (Fsp3) is 0.179. The zero-order valence-electron chi connectivity index (χ0n) is 18.5. The lowest BCUT2D eigenvalue weighted by atomic mass is 9.99. The van der Waals surface area contributed by atoms with E-state index in [-0.39, 0.29) is 11.9 Å². The van der Waals surface area contributed by atoms with Crippen molar-refractivity contribution in [2.24, 2.45) is 0 Å². The predicted molar refractivity (Wildman–Crippen MR) is 128 cm³/mol. The average molecular weight is 439 g/mol. The van der Waals surface area contributed by atoms with Crippen LogP contribution in [0.5, 0.6) is 0 Å². The maximum Gasteiger partial charge on any atom is 0.274 e. The van der Waals surface area contributed by atoms with Crippen molar-refractivity contribution in [2.45, 2.75) is 32.4 Å². The lowest BCUT2D eigenvalue weighted by Gasteiger charge is -2.24. The number of nitrogens with one attached hydrogen (secondary N) is 1. The minimum absolute atomic E-state index is 0.0321. The molecular weight excluding hydrogens is 412 g/mol. The van der Waals surface area contributed by atoms with Gasteiger partial charge in [0, 0.05) is 23.7 Å². The van der Waals surface area contributed by atoms with Crippen molar-refractivity contribution >= 4 is 23.5 Å². The normalized spacial score (nSPS) is 13.5. The largest absolute Gasteiger partial charge is 0.331 e. The highest BCUT2D eigenvalue weighted by molar-refractivity contribution is 6.24. The zero-order chi connectivity index (χ0) is 23.4. The maximum absolute atomic E-state index is 13.8. The third kappa shape index (κ3) is 5.57. The number of benzene rings is 3. The fourth-order valence-electron chi connectivity index (χ4n) is 3.69. The number of nitrogens with zero attached hydrogens (tertiary/aromatic N) is 1. The van der Waals surface area contributed by atoms with Crippen molar-refractivity contribution in [3.8, 4) is 0 Å². The van der Waals surface area contributed by atoms with Crippen molar-refractivity contribution < 1.29 is 14.8 Å². The summed E-state index contributed by atoms with van der Waals surface area (Å²) in [7, 11) is 0. The summed E-state index contributed by atoms with van der Waals surface area (Å²) >= 11 is 0. The van der Waals surface area contributed by atoms with Crippen molar-refractivity contribution in [1.82, 2.24) is 10.4 Å². The Balaban J connectivity index is 1.66. The van der Waals surface area contributed by atoms with Gasteiger partial charge < -0.3 is 4.90 Å². The summed E-state index contributed by atoms with van der Waals surface area (Å²) in [6.45, 7) is 8.29. The Labute approximate surface area is 194 Å². The van der Waals surface area contributed by atoms with Crippen molar-refractivity contribution in [1.29, 1.82) is 0 Å². The SMILES string of the molecule is [CH]c1ccc(C=C(C(=O)N(Cc2ccc(C(=O)NO)cc2)C2CC2)c2ccc(C)cc2)cc1. The first-order valence-electron chi connectivity index (χ1n) is 10.9. The molecule has 3 aromatic rings. The second-order valence-corrected chi connectivity index (χ2v) is 8.39. The molecule has 5 heteroatoms. The molecule has 166 valence electrons. The molecule has 3 aromatic carbocycles. The monoisotopic (exact) mass is 438 g/mol. The highest BCUT2D eigenvalue weighted by Gasteiger charge is 2.34. The molecule has 1 aliphatic rings. The fourth-order valence-corrected chi connectivity index (χ4v) is 3.69. The minimum atomic E-state index is -0.565. The molecule has 0 aliphatic heterocycles. The first kappa shape index (κ1) is 22.5. The number of hydroxylamine groups is 1. The average Bonchev–Trinajstić information content (AvgIpc) is 3.68. The minimum Gasteiger partial charge on any atom is -0.331 e. The Morgan fingerprint density at radius 3 is 2.15 bits per heavy atom. The highest BCUT2D eigenvalue weighted by Crippen LogP contribution is 2.32. The molecule has 1 saturated carbocycles. The second-order valence-electron chi connectivity index (χ2n) is 8.39.